The second-order valence-corrected chi connectivity index (χ2v) is 4.76. The second-order valence-electron chi connectivity index (χ2n) is 4.76. The Kier molecular flexibility index (Phi) is 2.55. The average Bonchev–Trinajstić information content (AvgIpc) is 2.94. The number of aromatic nitrogens is 1. The van der Waals surface area contributed by atoms with E-state index in [1.807, 2.05) is 18.2 Å². The predicted octanol–water partition coefficient (Wildman–Crippen LogP) is 2.08. The Morgan fingerprint density at radius 3 is 2.89 bits per heavy atom. The van der Waals surface area contributed by atoms with Crippen LogP contribution >= 0.6 is 0 Å². The van der Waals surface area contributed by atoms with Crippen molar-refractivity contribution in [2.45, 2.75) is 20.3 Å². The Balaban J connectivity index is 2.05. The molecule has 0 saturated heterocycles. The lowest BCUT2D eigenvalue weighted by atomic mass is 10.1. The Hall–Kier alpha value is -2.30. The smallest absolute Gasteiger partial charge is 0.263 e. The summed E-state index contributed by atoms with van der Waals surface area (Å²) in [6.07, 6.45) is 0.829. The molecule has 3 rings (SSSR count). The minimum absolute atomic E-state index is 0.0899. The van der Waals surface area contributed by atoms with E-state index in [4.69, 9.17) is 10.3 Å². The Labute approximate surface area is 111 Å². The van der Waals surface area contributed by atoms with Crippen LogP contribution in [0.25, 0.3) is 0 Å². The number of amides is 1. The van der Waals surface area contributed by atoms with Gasteiger partial charge in [-0.05, 0) is 31.9 Å². The number of carbonyl (C=O) groups is 1. The molecule has 1 aromatic heterocycles. The molecule has 1 aliphatic heterocycles. The zero-order valence-electron chi connectivity index (χ0n) is 10.9. The molecule has 0 spiro atoms. The molecule has 1 aromatic carbocycles. The van der Waals surface area contributed by atoms with Gasteiger partial charge in [0.15, 0.2) is 0 Å². The summed E-state index contributed by atoms with van der Waals surface area (Å²) in [5.41, 5.74) is 9.72. The van der Waals surface area contributed by atoms with Crippen molar-refractivity contribution in [3.05, 3.63) is 40.8 Å². The van der Waals surface area contributed by atoms with Crippen LogP contribution in [0.2, 0.25) is 0 Å². The number of hydrogen-bond donors (Lipinski definition) is 1. The number of aryl methyl sites for hydroxylation is 2. The molecule has 0 aliphatic carbocycles. The summed E-state index contributed by atoms with van der Waals surface area (Å²) < 4.78 is 5.07. The van der Waals surface area contributed by atoms with Gasteiger partial charge in [-0.15, -0.1) is 0 Å². The molecule has 2 heterocycles. The van der Waals surface area contributed by atoms with Crippen LogP contribution in [-0.2, 0) is 6.42 Å². The van der Waals surface area contributed by atoms with Crippen molar-refractivity contribution in [2.24, 2.45) is 0 Å². The third-order valence-corrected chi connectivity index (χ3v) is 3.52. The Morgan fingerprint density at radius 2 is 2.21 bits per heavy atom. The van der Waals surface area contributed by atoms with Gasteiger partial charge in [0, 0.05) is 6.54 Å². The standard InChI is InChI=1S/C14H15N3O2/c1-8-12(9(2)19-16-8)14(18)17-7-6-10-4-3-5-11(15)13(10)17/h3-5H,6-7,15H2,1-2H3. The van der Waals surface area contributed by atoms with Crippen molar-refractivity contribution in [2.75, 3.05) is 17.2 Å². The fraction of sp³-hybridized carbons (Fsp3) is 0.286. The van der Waals surface area contributed by atoms with Crippen LogP contribution in [0.4, 0.5) is 11.4 Å². The van der Waals surface area contributed by atoms with Gasteiger partial charge in [-0.1, -0.05) is 17.3 Å². The molecular formula is C14H15N3O2. The topological polar surface area (TPSA) is 72.4 Å². The number of para-hydroxylation sites is 1. The van der Waals surface area contributed by atoms with Gasteiger partial charge in [-0.25, -0.2) is 0 Å². The SMILES string of the molecule is Cc1noc(C)c1C(=O)N1CCc2cccc(N)c21. The second kappa shape index (κ2) is 4.12. The number of nitrogen functional groups attached to an aromatic ring is 1. The van der Waals surface area contributed by atoms with Crippen LogP contribution in [0.15, 0.2) is 22.7 Å². The third kappa shape index (κ3) is 1.69. The van der Waals surface area contributed by atoms with Crippen LogP contribution in [0.5, 0.6) is 0 Å². The number of nitrogens with zero attached hydrogens (tertiary/aromatic N) is 2. The maximum Gasteiger partial charge on any atom is 0.263 e. The van der Waals surface area contributed by atoms with E-state index >= 15 is 0 Å². The monoisotopic (exact) mass is 257 g/mol. The lowest BCUT2D eigenvalue weighted by molar-refractivity contribution is 0.0987. The van der Waals surface area contributed by atoms with E-state index in [1.165, 1.54) is 0 Å². The molecule has 0 fully saturated rings. The van der Waals surface area contributed by atoms with Crippen LogP contribution in [0.3, 0.4) is 0 Å². The highest BCUT2D eigenvalue weighted by Gasteiger charge is 2.30. The number of nitrogens with two attached hydrogens (primary N) is 1. The van der Waals surface area contributed by atoms with E-state index in [-0.39, 0.29) is 5.91 Å². The molecule has 0 unspecified atom stereocenters. The average molecular weight is 257 g/mol. The van der Waals surface area contributed by atoms with Gasteiger partial charge in [0.25, 0.3) is 5.91 Å². The zero-order valence-corrected chi connectivity index (χ0v) is 10.9. The summed E-state index contributed by atoms with van der Waals surface area (Å²) in [4.78, 5) is 14.4. The molecule has 19 heavy (non-hydrogen) atoms. The predicted molar refractivity (Wildman–Crippen MR) is 72.2 cm³/mol. The number of anilines is 2. The van der Waals surface area contributed by atoms with Gasteiger partial charge in [-0.2, -0.15) is 0 Å². The van der Waals surface area contributed by atoms with E-state index in [9.17, 15) is 4.79 Å². The van der Waals surface area contributed by atoms with E-state index in [0.717, 1.165) is 17.7 Å². The summed E-state index contributed by atoms with van der Waals surface area (Å²) in [6, 6.07) is 5.74. The summed E-state index contributed by atoms with van der Waals surface area (Å²) in [6.45, 7) is 4.17. The maximum atomic E-state index is 12.6. The normalized spacial score (nSPS) is 13.7. The van der Waals surface area contributed by atoms with E-state index in [2.05, 4.69) is 5.16 Å². The highest BCUT2D eigenvalue weighted by molar-refractivity contribution is 6.10. The number of fused-ring (bicyclic) bond motifs is 1. The molecule has 0 atom stereocenters. The molecule has 5 heteroatoms. The van der Waals surface area contributed by atoms with E-state index in [0.29, 0.717) is 29.2 Å². The van der Waals surface area contributed by atoms with Crippen molar-refractivity contribution < 1.29 is 9.32 Å². The highest BCUT2D eigenvalue weighted by atomic mass is 16.5. The summed E-state index contributed by atoms with van der Waals surface area (Å²) in [5.74, 6) is 0.457. The molecule has 2 N–H and O–H groups in total. The zero-order chi connectivity index (χ0) is 13.6. The molecule has 5 nitrogen and oxygen atoms in total. The molecule has 0 bridgehead atoms. The van der Waals surface area contributed by atoms with Crippen molar-refractivity contribution in [1.82, 2.24) is 5.16 Å². The number of benzene rings is 1. The van der Waals surface area contributed by atoms with Gasteiger partial charge < -0.3 is 15.2 Å². The highest BCUT2D eigenvalue weighted by Crippen LogP contribution is 2.35. The van der Waals surface area contributed by atoms with Gasteiger partial charge in [0.2, 0.25) is 0 Å². The largest absolute Gasteiger partial charge is 0.397 e. The van der Waals surface area contributed by atoms with Crippen molar-refractivity contribution >= 4 is 17.3 Å². The lowest BCUT2D eigenvalue weighted by Crippen LogP contribution is -2.30. The van der Waals surface area contributed by atoms with Gasteiger partial charge >= 0.3 is 0 Å². The minimum atomic E-state index is -0.0899. The van der Waals surface area contributed by atoms with Crippen molar-refractivity contribution in [1.29, 1.82) is 0 Å². The molecular weight excluding hydrogens is 242 g/mol. The fourth-order valence-electron chi connectivity index (χ4n) is 2.61. The lowest BCUT2D eigenvalue weighted by Gasteiger charge is -2.18. The van der Waals surface area contributed by atoms with Crippen LogP contribution in [0.1, 0.15) is 27.4 Å². The van der Waals surface area contributed by atoms with Crippen LogP contribution < -0.4 is 10.6 Å². The first kappa shape index (κ1) is 11.8. The molecule has 2 aromatic rings. The summed E-state index contributed by atoms with van der Waals surface area (Å²) in [7, 11) is 0. The Bertz CT molecular complexity index is 641. The molecule has 1 amide bonds. The quantitative estimate of drug-likeness (QED) is 0.794. The van der Waals surface area contributed by atoms with E-state index in [1.54, 1.807) is 18.7 Å². The fourth-order valence-corrected chi connectivity index (χ4v) is 2.61. The first-order valence-corrected chi connectivity index (χ1v) is 6.21. The van der Waals surface area contributed by atoms with Crippen molar-refractivity contribution in [3.8, 4) is 0 Å². The molecule has 0 saturated carbocycles. The first-order valence-electron chi connectivity index (χ1n) is 6.21. The van der Waals surface area contributed by atoms with Crippen LogP contribution in [0, 0.1) is 13.8 Å². The summed E-state index contributed by atoms with van der Waals surface area (Å²) >= 11 is 0. The molecule has 0 radical (unpaired) electrons. The third-order valence-electron chi connectivity index (χ3n) is 3.52. The van der Waals surface area contributed by atoms with E-state index < -0.39 is 0 Å². The molecule has 98 valence electrons. The van der Waals surface area contributed by atoms with Crippen molar-refractivity contribution in [3.63, 3.8) is 0 Å². The number of rotatable bonds is 1. The van der Waals surface area contributed by atoms with Crippen LogP contribution in [-0.4, -0.2) is 17.6 Å². The number of hydrogen-bond acceptors (Lipinski definition) is 4. The first-order chi connectivity index (χ1) is 9.09. The van der Waals surface area contributed by atoms with Gasteiger partial charge in [0.1, 0.15) is 11.3 Å². The maximum absolute atomic E-state index is 12.6. The summed E-state index contributed by atoms with van der Waals surface area (Å²) in [5, 5.41) is 3.83. The van der Waals surface area contributed by atoms with Gasteiger partial charge in [0.05, 0.1) is 17.1 Å². The number of carbonyl (C=O) groups excluding carboxylic acids is 1. The van der Waals surface area contributed by atoms with Gasteiger partial charge in [-0.3, -0.25) is 4.79 Å². The Morgan fingerprint density at radius 1 is 1.42 bits per heavy atom. The molecule has 1 aliphatic rings. The minimum Gasteiger partial charge on any atom is -0.397 e.